The van der Waals surface area contributed by atoms with Gasteiger partial charge < -0.3 is 10.1 Å². The molecule has 0 aliphatic heterocycles. The Bertz CT molecular complexity index is 767. The molecule has 0 saturated heterocycles. The highest BCUT2D eigenvalue weighted by molar-refractivity contribution is 5.81. The van der Waals surface area contributed by atoms with Gasteiger partial charge in [-0.15, -0.1) is 0 Å². The molecule has 2 rings (SSSR count). The van der Waals surface area contributed by atoms with E-state index in [9.17, 15) is 4.79 Å². The fourth-order valence-electron chi connectivity index (χ4n) is 3.07. The van der Waals surface area contributed by atoms with Crippen molar-refractivity contribution < 1.29 is 9.53 Å². The van der Waals surface area contributed by atoms with E-state index < -0.39 is 6.10 Å². The van der Waals surface area contributed by atoms with Crippen molar-refractivity contribution >= 4 is 5.91 Å². The number of benzene rings is 2. The van der Waals surface area contributed by atoms with Crippen molar-refractivity contribution in [3.63, 3.8) is 0 Å². The van der Waals surface area contributed by atoms with Gasteiger partial charge in [0.2, 0.25) is 0 Å². The van der Waals surface area contributed by atoms with Gasteiger partial charge in [-0.1, -0.05) is 49.7 Å². The van der Waals surface area contributed by atoms with E-state index in [0.717, 1.165) is 23.3 Å². The number of aryl methyl sites for hydroxylation is 4. The van der Waals surface area contributed by atoms with E-state index in [1.165, 1.54) is 16.7 Å². The van der Waals surface area contributed by atoms with Crippen molar-refractivity contribution in [1.82, 2.24) is 5.32 Å². The Kier molecular flexibility index (Phi) is 6.84. The third-order valence-corrected chi connectivity index (χ3v) is 4.92. The van der Waals surface area contributed by atoms with Crippen molar-refractivity contribution in [2.75, 3.05) is 0 Å². The van der Waals surface area contributed by atoms with Crippen LogP contribution in [0.3, 0.4) is 0 Å². The first-order valence-corrected chi connectivity index (χ1v) is 9.47. The third kappa shape index (κ3) is 4.87. The Morgan fingerprint density at radius 1 is 0.923 bits per heavy atom. The van der Waals surface area contributed by atoms with Gasteiger partial charge in [-0.25, -0.2) is 0 Å². The minimum absolute atomic E-state index is 0.00133. The zero-order valence-electron chi connectivity index (χ0n) is 16.8. The second-order valence-electron chi connectivity index (χ2n) is 7.10. The molecule has 0 aromatic heterocycles. The summed E-state index contributed by atoms with van der Waals surface area (Å²) in [7, 11) is 0. The number of hydrogen-bond acceptors (Lipinski definition) is 2. The van der Waals surface area contributed by atoms with Gasteiger partial charge in [0, 0.05) is 0 Å². The average Bonchev–Trinajstić information content (AvgIpc) is 2.61. The number of hydrogen-bond donors (Lipinski definition) is 1. The zero-order valence-corrected chi connectivity index (χ0v) is 16.8. The van der Waals surface area contributed by atoms with Crippen LogP contribution in [0.4, 0.5) is 0 Å². The van der Waals surface area contributed by atoms with Gasteiger partial charge in [0.25, 0.3) is 5.91 Å². The van der Waals surface area contributed by atoms with Crippen molar-refractivity contribution in [2.24, 2.45) is 0 Å². The minimum Gasteiger partial charge on any atom is -0.480 e. The molecule has 0 spiro atoms. The summed E-state index contributed by atoms with van der Waals surface area (Å²) in [6, 6.07) is 12.4. The molecule has 0 saturated carbocycles. The molecular weight excluding hydrogens is 322 g/mol. The van der Waals surface area contributed by atoms with Gasteiger partial charge >= 0.3 is 0 Å². The molecule has 0 bridgehead atoms. The van der Waals surface area contributed by atoms with Crippen LogP contribution in [0.25, 0.3) is 0 Å². The number of amides is 1. The molecule has 3 nitrogen and oxygen atoms in total. The van der Waals surface area contributed by atoms with E-state index >= 15 is 0 Å². The minimum atomic E-state index is -0.489. The molecule has 2 aromatic rings. The van der Waals surface area contributed by atoms with Gasteiger partial charge in [-0.2, -0.15) is 0 Å². The molecule has 1 N–H and O–H groups in total. The Morgan fingerprint density at radius 3 is 2.23 bits per heavy atom. The smallest absolute Gasteiger partial charge is 0.261 e. The third-order valence-electron chi connectivity index (χ3n) is 4.92. The van der Waals surface area contributed by atoms with Gasteiger partial charge in [0.15, 0.2) is 6.10 Å². The number of rotatable bonds is 7. The summed E-state index contributed by atoms with van der Waals surface area (Å²) in [5, 5.41) is 3.17. The van der Waals surface area contributed by atoms with Gasteiger partial charge in [0.1, 0.15) is 5.75 Å². The lowest BCUT2D eigenvalue weighted by molar-refractivity contribution is -0.129. The van der Waals surface area contributed by atoms with Crippen LogP contribution in [0.1, 0.15) is 60.5 Å². The topological polar surface area (TPSA) is 38.3 Å². The lowest BCUT2D eigenvalue weighted by Gasteiger charge is -2.23. The van der Waals surface area contributed by atoms with Crippen LogP contribution >= 0.6 is 0 Å². The summed E-state index contributed by atoms with van der Waals surface area (Å²) in [4.78, 5) is 12.8. The van der Waals surface area contributed by atoms with Crippen molar-refractivity contribution in [2.45, 2.75) is 66.5 Å². The number of carbonyl (C=O) groups is 1. The molecule has 26 heavy (non-hydrogen) atoms. The summed E-state index contributed by atoms with van der Waals surface area (Å²) in [6.45, 7) is 12.3. The van der Waals surface area contributed by atoms with Crippen molar-refractivity contribution in [3.05, 3.63) is 64.2 Å². The molecular formula is C23H31NO2. The van der Waals surface area contributed by atoms with E-state index in [2.05, 4.69) is 57.3 Å². The quantitative estimate of drug-likeness (QED) is 0.729. The predicted molar refractivity (Wildman–Crippen MR) is 108 cm³/mol. The predicted octanol–water partition coefficient (Wildman–Crippen LogP) is 5.35. The van der Waals surface area contributed by atoms with E-state index in [-0.39, 0.29) is 11.9 Å². The van der Waals surface area contributed by atoms with E-state index in [1.54, 1.807) is 0 Å². The first-order chi connectivity index (χ1) is 12.3. The second kappa shape index (κ2) is 8.88. The fraction of sp³-hybridized carbons (Fsp3) is 0.435. The fourth-order valence-corrected chi connectivity index (χ4v) is 3.07. The molecule has 0 aliphatic carbocycles. The molecule has 0 fully saturated rings. The summed E-state index contributed by atoms with van der Waals surface area (Å²) in [5.74, 6) is 0.717. The zero-order chi connectivity index (χ0) is 19.3. The molecule has 1 amide bonds. The first kappa shape index (κ1) is 20.0. The second-order valence-corrected chi connectivity index (χ2v) is 7.10. The van der Waals surface area contributed by atoms with Crippen LogP contribution in [-0.2, 0) is 4.79 Å². The molecule has 0 heterocycles. The summed E-state index contributed by atoms with van der Waals surface area (Å²) >= 11 is 0. The highest BCUT2D eigenvalue weighted by Gasteiger charge is 2.22. The van der Waals surface area contributed by atoms with Crippen LogP contribution in [0, 0.1) is 27.7 Å². The van der Waals surface area contributed by atoms with Gasteiger partial charge in [0.05, 0.1) is 6.04 Å². The summed E-state index contributed by atoms with van der Waals surface area (Å²) in [5.41, 5.74) is 5.89. The normalized spacial score (nSPS) is 13.2. The molecule has 2 atom stereocenters. The number of ether oxygens (including phenoxy) is 1. The highest BCUT2D eigenvalue weighted by Crippen LogP contribution is 2.23. The van der Waals surface area contributed by atoms with Crippen LogP contribution in [0.2, 0.25) is 0 Å². The molecule has 3 heteroatoms. The number of carbonyl (C=O) groups excluding carboxylic acids is 1. The maximum absolute atomic E-state index is 12.8. The Labute approximate surface area is 157 Å². The Balaban J connectivity index is 2.12. The maximum atomic E-state index is 12.8. The van der Waals surface area contributed by atoms with Crippen molar-refractivity contribution in [3.8, 4) is 5.75 Å². The average molecular weight is 354 g/mol. The van der Waals surface area contributed by atoms with E-state index in [1.807, 2.05) is 26.0 Å². The SMILES string of the molecule is CCC(Oc1ccc(C)cc1C)C(=O)NC(CC)c1ccc(C)c(C)c1. The van der Waals surface area contributed by atoms with Crippen molar-refractivity contribution in [1.29, 1.82) is 0 Å². The molecule has 0 radical (unpaired) electrons. The van der Waals surface area contributed by atoms with Crippen LogP contribution < -0.4 is 10.1 Å². The highest BCUT2D eigenvalue weighted by atomic mass is 16.5. The summed E-state index contributed by atoms with van der Waals surface area (Å²) < 4.78 is 6.02. The Morgan fingerprint density at radius 2 is 1.65 bits per heavy atom. The van der Waals surface area contributed by atoms with Crippen LogP contribution in [0.15, 0.2) is 36.4 Å². The molecule has 2 aromatic carbocycles. The largest absolute Gasteiger partial charge is 0.480 e. The molecule has 2 unspecified atom stereocenters. The lowest BCUT2D eigenvalue weighted by Crippen LogP contribution is -2.40. The molecule has 140 valence electrons. The lowest BCUT2D eigenvalue weighted by atomic mass is 9.99. The maximum Gasteiger partial charge on any atom is 0.261 e. The van der Waals surface area contributed by atoms with Crippen LogP contribution in [-0.4, -0.2) is 12.0 Å². The van der Waals surface area contributed by atoms with Crippen LogP contribution in [0.5, 0.6) is 5.75 Å². The summed E-state index contributed by atoms with van der Waals surface area (Å²) in [6.07, 6.45) is 0.980. The Hall–Kier alpha value is -2.29. The van der Waals surface area contributed by atoms with E-state index in [0.29, 0.717) is 6.42 Å². The number of nitrogens with one attached hydrogen (secondary N) is 1. The molecule has 0 aliphatic rings. The van der Waals surface area contributed by atoms with Gasteiger partial charge in [-0.3, -0.25) is 4.79 Å². The van der Waals surface area contributed by atoms with Gasteiger partial charge in [-0.05, 0) is 68.9 Å². The standard InChI is InChI=1S/C23H31NO2/c1-7-20(19-11-10-16(4)17(5)14-19)24-23(25)21(8-2)26-22-12-9-15(3)13-18(22)6/h9-14,20-21H,7-8H2,1-6H3,(H,24,25). The van der Waals surface area contributed by atoms with E-state index in [4.69, 9.17) is 4.74 Å². The first-order valence-electron chi connectivity index (χ1n) is 9.47. The monoisotopic (exact) mass is 353 g/mol.